The largest absolute Gasteiger partial charge is 0.496 e. The molecule has 0 N–H and O–H groups in total. The molecule has 1 fully saturated rings. The molecule has 1 aliphatic rings. The van der Waals surface area contributed by atoms with Crippen molar-refractivity contribution < 1.29 is 9.31 Å². The van der Waals surface area contributed by atoms with Gasteiger partial charge in [-0.3, -0.25) is 0 Å². The summed E-state index contributed by atoms with van der Waals surface area (Å²) in [7, 11) is -0.272. The molecule has 2 nitrogen and oxygen atoms in total. The number of thiophene rings is 1. The Balaban J connectivity index is 2.07. The number of hydrogen-bond acceptors (Lipinski definition) is 3. The molecule has 1 aliphatic heterocycles. The van der Waals surface area contributed by atoms with Crippen molar-refractivity contribution in [3.05, 3.63) is 29.1 Å². The molecule has 0 atom stereocenters. The van der Waals surface area contributed by atoms with Gasteiger partial charge in [0.1, 0.15) is 0 Å². The van der Waals surface area contributed by atoms with Gasteiger partial charge < -0.3 is 9.31 Å². The fraction of sp³-hybridized carbons (Fsp3) is 0.467. The standard InChI is InChI=1S/C15H19BO2S/c1-10-9-11-7-6-8-12(13(11)19-10)16-17-14(2,3)15(4,5)18-16/h6-9H,1-5H3. The highest BCUT2D eigenvalue weighted by molar-refractivity contribution is 7.20. The van der Waals surface area contributed by atoms with Crippen LogP contribution in [0.5, 0.6) is 0 Å². The lowest BCUT2D eigenvalue weighted by Gasteiger charge is -2.32. The zero-order valence-corrected chi connectivity index (χ0v) is 12.9. The summed E-state index contributed by atoms with van der Waals surface area (Å²) in [6.07, 6.45) is 0. The third-order valence-electron chi connectivity index (χ3n) is 4.20. The van der Waals surface area contributed by atoms with Gasteiger partial charge in [-0.1, -0.05) is 18.2 Å². The van der Waals surface area contributed by atoms with Crippen LogP contribution < -0.4 is 5.46 Å². The lowest BCUT2D eigenvalue weighted by Crippen LogP contribution is -2.41. The summed E-state index contributed by atoms with van der Waals surface area (Å²) in [6, 6.07) is 8.55. The van der Waals surface area contributed by atoms with E-state index in [0.29, 0.717) is 0 Å². The Morgan fingerprint density at radius 1 is 1.05 bits per heavy atom. The first-order valence-corrected chi connectivity index (χ1v) is 7.46. The highest BCUT2D eigenvalue weighted by Crippen LogP contribution is 2.37. The van der Waals surface area contributed by atoms with Crippen LogP contribution in [-0.4, -0.2) is 18.3 Å². The van der Waals surface area contributed by atoms with Crippen LogP contribution in [0.15, 0.2) is 24.3 Å². The Kier molecular flexibility index (Phi) is 2.82. The van der Waals surface area contributed by atoms with Crippen LogP contribution in [0.3, 0.4) is 0 Å². The van der Waals surface area contributed by atoms with E-state index in [1.807, 2.05) is 0 Å². The van der Waals surface area contributed by atoms with Gasteiger partial charge in [-0.15, -0.1) is 11.3 Å². The SMILES string of the molecule is Cc1cc2cccc(B3OC(C)(C)C(C)(C)O3)c2s1. The predicted molar refractivity (Wildman–Crippen MR) is 82.3 cm³/mol. The van der Waals surface area contributed by atoms with Crippen molar-refractivity contribution in [1.82, 2.24) is 0 Å². The van der Waals surface area contributed by atoms with Crippen molar-refractivity contribution in [2.24, 2.45) is 0 Å². The van der Waals surface area contributed by atoms with Crippen molar-refractivity contribution in [3.8, 4) is 0 Å². The summed E-state index contributed by atoms with van der Waals surface area (Å²) >= 11 is 1.81. The third kappa shape index (κ3) is 2.02. The minimum Gasteiger partial charge on any atom is -0.399 e. The average molecular weight is 274 g/mol. The fourth-order valence-corrected chi connectivity index (χ4v) is 3.40. The number of hydrogen-bond donors (Lipinski definition) is 0. The van der Waals surface area contributed by atoms with E-state index in [-0.39, 0.29) is 18.3 Å². The lowest BCUT2D eigenvalue weighted by molar-refractivity contribution is 0.00578. The Hall–Kier alpha value is -0.835. The maximum Gasteiger partial charge on any atom is 0.496 e. The van der Waals surface area contributed by atoms with Crippen LogP contribution in [0.4, 0.5) is 0 Å². The molecule has 0 bridgehead atoms. The first-order chi connectivity index (χ1) is 8.80. The van der Waals surface area contributed by atoms with E-state index in [0.717, 1.165) is 5.46 Å². The van der Waals surface area contributed by atoms with E-state index in [4.69, 9.17) is 9.31 Å². The number of fused-ring (bicyclic) bond motifs is 1. The van der Waals surface area contributed by atoms with Crippen molar-refractivity contribution >= 4 is 34.0 Å². The van der Waals surface area contributed by atoms with Crippen molar-refractivity contribution in [2.45, 2.75) is 45.8 Å². The topological polar surface area (TPSA) is 18.5 Å². The van der Waals surface area contributed by atoms with Gasteiger partial charge in [0, 0.05) is 15.0 Å². The molecular formula is C15H19BO2S. The molecule has 0 unspecified atom stereocenters. The van der Waals surface area contributed by atoms with Crippen molar-refractivity contribution in [1.29, 1.82) is 0 Å². The predicted octanol–water partition coefficient (Wildman–Crippen LogP) is 3.51. The summed E-state index contributed by atoms with van der Waals surface area (Å²) in [5, 5.41) is 1.27. The highest BCUT2D eigenvalue weighted by Gasteiger charge is 2.52. The van der Waals surface area contributed by atoms with Gasteiger partial charge in [0.2, 0.25) is 0 Å². The molecule has 100 valence electrons. The second-order valence-electron chi connectivity index (χ2n) is 6.21. The number of rotatable bonds is 1. The molecule has 0 saturated carbocycles. The Bertz CT molecular complexity index is 614. The van der Waals surface area contributed by atoms with E-state index < -0.39 is 0 Å². The monoisotopic (exact) mass is 274 g/mol. The normalized spacial score (nSPS) is 21.2. The molecule has 1 aromatic carbocycles. The molecule has 0 radical (unpaired) electrons. The Morgan fingerprint density at radius 2 is 1.68 bits per heavy atom. The van der Waals surface area contributed by atoms with Crippen LogP contribution in [0.2, 0.25) is 0 Å². The maximum absolute atomic E-state index is 6.15. The molecular weight excluding hydrogens is 255 g/mol. The summed E-state index contributed by atoms with van der Waals surface area (Å²) < 4.78 is 13.6. The molecule has 0 aliphatic carbocycles. The van der Waals surface area contributed by atoms with Gasteiger partial charge in [0.15, 0.2) is 0 Å². The Labute approximate surface area is 118 Å². The second kappa shape index (κ2) is 4.08. The van der Waals surface area contributed by atoms with Crippen molar-refractivity contribution in [3.63, 3.8) is 0 Å². The van der Waals surface area contributed by atoms with Gasteiger partial charge in [-0.2, -0.15) is 0 Å². The van der Waals surface area contributed by atoms with Crippen LogP contribution >= 0.6 is 11.3 Å². The van der Waals surface area contributed by atoms with Crippen LogP contribution in [0.25, 0.3) is 10.1 Å². The van der Waals surface area contributed by atoms with Crippen LogP contribution in [0, 0.1) is 6.92 Å². The molecule has 4 heteroatoms. The molecule has 1 aromatic heterocycles. The summed E-state index contributed by atoms with van der Waals surface area (Å²) in [5.41, 5.74) is 0.576. The van der Waals surface area contributed by atoms with Gasteiger partial charge >= 0.3 is 7.12 Å². The highest BCUT2D eigenvalue weighted by atomic mass is 32.1. The Morgan fingerprint density at radius 3 is 2.32 bits per heavy atom. The minimum absolute atomic E-state index is 0.272. The molecule has 1 saturated heterocycles. The van der Waals surface area contributed by atoms with Gasteiger partial charge in [-0.25, -0.2) is 0 Å². The van der Waals surface area contributed by atoms with Crippen LogP contribution in [0.1, 0.15) is 32.6 Å². The molecule has 0 amide bonds. The van der Waals surface area contributed by atoms with E-state index in [2.05, 4.69) is 58.9 Å². The fourth-order valence-electron chi connectivity index (χ4n) is 2.37. The van der Waals surface area contributed by atoms with E-state index in [9.17, 15) is 0 Å². The number of benzene rings is 1. The van der Waals surface area contributed by atoms with Crippen molar-refractivity contribution in [2.75, 3.05) is 0 Å². The first kappa shape index (κ1) is 13.2. The average Bonchev–Trinajstić information content (AvgIpc) is 2.75. The van der Waals surface area contributed by atoms with Gasteiger partial charge in [0.25, 0.3) is 0 Å². The van der Waals surface area contributed by atoms with E-state index in [1.165, 1.54) is 15.0 Å². The minimum atomic E-state index is -0.286. The summed E-state index contributed by atoms with van der Waals surface area (Å²) in [4.78, 5) is 1.32. The lowest BCUT2D eigenvalue weighted by atomic mass is 9.78. The smallest absolute Gasteiger partial charge is 0.399 e. The first-order valence-electron chi connectivity index (χ1n) is 6.65. The van der Waals surface area contributed by atoms with E-state index in [1.54, 1.807) is 11.3 Å². The molecule has 0 spiro atoms. The summed E-state index contributed by atoms with van der Waals surface area (Å²) in [5.74, 6) is 0. The summed E-state index contributed by atoms with van der Waals surface area (Å²) in [6.45, 7) is 10.5. The van der Waals surface area contributed by atoms with Gasteiger partial charge in [0.05, 0.1) is 11.2 Å². The zero-order valence-electron chi connectivity index (χ0n) is 12.1. The molecule has 2 heterocycles. The number of aryl methyl sites for hydroxylation is 1. The second-order valence-corrected chi connectivity index (χ2v) is 7.47. The molecule has 3 rings (SSSR count). The third-order valence-corrected chi connectivity index (χ3v) is 5.32. The zero-order chi connectivity index (χ0) is 13.8. The quantitative estimate of drug-likeness (QED) is 0.741. The van der Waals surface area contributed by atoms with Gasteiger partial charge in [-0.05, 0) is 46.1 Å². The molecule has 19 heavy (non-hydrogen) atoms. The maximum atomic E-state index is 6.15. The van der Waals surface area contributed by atoms with Crippen LogP contribution in [-0.2, 0) is 9.31 Å². The molecule has 2 aromatic rings. The van der Waals surface area contributed by atoms with E-state index >= 15 is 0 Å².